The maximum absolute atomic E-state index is 8.89. The van der Waals surface area contributed by atoms with Gasteiger partial charge in [-0.3, -0.25) is 0 Å². The number of aryl methyl sites for hydroxylation is 1. The number of carboxylic acids is 1. The molecule has 3 nitrogen and oxygen atoms in total. The number of rotatable bonds is 15. The van der Waals surface area contributed by atoms with Crippen molar-refractivity contribution < 1.29 is 14.5 Å². The second-order valence-corrected chi connectivity index (χ2v) is 7.20. The molecule has 0 unspecified atom stereocenters. The number of aliphatic carboxylic acids is 1. The topological polar surface area (TPSA) is 44.0 Å². The van der Waals surface area contributed by atoms with Crippen LogP contribution in [-0.4, -0.2) is 5.97 Å². The van der Waals surface area contributed by atoms with Gasteiger partial charge in [0.25, 0.3) is 0 Å². The molecule has 0 aromatic carbocycles. The monoisotopic (exact) mass is 363 g/mol. The fraction of sp³-hybridized carbons (Fsp3) is 0.739. The summed E-state index contributed by atoms with van der Waals surface area (Å²) >= 11 is 0. The Balaban J connectivity index is 0.00000141. The molecule has 0 radical (unpaired) electrons. The lowest BCUT2D eigenvalue weighted by Gasteiger charge is -2.02. The van der Waals surface area contributed by atoms with Gasteiger partial charge >= 0.3 is 0 Å². The van der Waals surface area contributed by atoms with Crippen LogP contribution in [0.15, 0.2) is 30.6 Å². The molecule has 1 aromatic heterocycles. The zero-order chi connectivity index (χ0) is 19.3. The van der Waals surface area contributed by atoms with Crippen molar-refractivity contribution in [3.63, 3.8) is 0 Å². The minimum Gasteiger partial charge on any atom is -0.550 e. The van der Waals surface area contributed by atoms with Crippen LogP contribution >= 0.6 is 0 Å². The summed E-state index contributed by atoms with van der Waals surface area (Å²) in [5.74, 6) is -1.08. The Morgan fingerprint density at radius 1 is 0.692 bits per heavy atom. The predicted molar refractivity (Wildman–Crippen MR) is 108 cm³/mol. The van der Waals surface area contributed by atoms with Crippen molar-refractivity contribution in [1.29, 1.82) is 0 Å². The molecule has 26 heavy (non-hydrogen) atoms. The Morgan fingerprint density at radius 2 is 1.04 bits per heavy atom. The second-order valence-electron chi connectivity index (χ2n) is 7.20. The number of carboxylic acid groups (broad SMARTS) is 1. The van der Waals surface area contributed by atoms with Crippen LogP contribution in [0.5, 0.6) is 0 Å². The average molecular weight is 364 g/mol. The third kappa shape index (κ3) is 20.7. The van der Waals surface area contributed by atoms with E-state index in [0.29, 0.717) is 0 Å². The Hall–Kier alpha value is -1.38. The third-order valence-corrected chi connectivity index (χ3v) is 4.55. The Morgan fingerprint density at radius 3 is 1.42 bits per heavy atom. The lowest BCUT2D eigenvalue weighted by molar-refractivity contribution is -0.697. The summed E-state index contributed by atoms with van der Waals surface area (Å²) < 4.78 is 2.29. The van der Waals surface area contributed by atoms with Gasteiger partial charge in [0.1, 0.15) is 6.54 Å². The van der Waals surface area contributed by atoms with Crippen LogP contribution in [0.2, 0.25) is 0 Å². The van der Waals surface area contributed by atoms with Gasteiger partial charge in [-0.1, -0.05) is 90.0 Å². The molecule has 0 spiro atoms. The van der Waals surface area contributed by atoms with Crippen molar-refractivity contribution in [3.8, 4) is 0 Å². The summed E-state index contributed by atoms with van der Waals surface area (Å²) in [4.78, 5) is 8.89. The summed E-state index contributed by atoms with van der Waals surface area (Å²) in [5, 5.41) is 8.89. The van der Waals surface area contributed by atoms with E-state index in [1.807, 2.05) is 0 Å². The van der Waals surface area contributed by atoms with Crippen LogP contribution in [0.25, 0.3) is 0 Å². The first kappa shape index (κ1) is 24.6. The van der Waals surface area contributed by atoms with Gasteiger partial charge in [-0.15, -0.1) is 0 Å². The van der Waals surface area contributed by atoms with Crippen LogP contribution in [0.1, 0.15) is 104 Å². The fourth-order valence-corrected chi connectivity index (χ4v) is 3.07. The maximum Gasteiger partial charge on any atom is 0.168 e. The molecule has 0 aliphatic heterocycles. The molecule has 150 valence electrons. The van der Waals surface area contributed by atoms with E-state index in [2.05, 4.69) is 42.1 Å². The van der Waals surface area contributed by atoms with Gasteiger partial charge in [0, 0.05) is 24.5 Å². The Labute approximate surface area is 161 Å². The van der Waals surface area contributed by atoms with Gasteiger partial charge in [-0.05, 0) is 13.3 Å². The fourth-order valence-electron chi connectivity index (χ4n) is 3.07. The van der Waals surface area contributed by atoms with E-state index in [1.54, 1.807) is 0 Å². The quantitative estimate of drug-likeness (QED) is 0.317. The van der Waals surface area contributed by atoms with Gasteiger partial charge in [-0.2, -0.15) is 0 Å². The number of aromatic nitrogens is 1. The summed E-state index contributed by atoms with van der Waals surface area (Å²) in [6.45, 7) is 4.44. The maximum atomic E-state index is 8.89. The van der Waals surface area contributed by atoms with Crippen molar-refractivity contribution in [2.45, 2.75) is 110 Å². The van der Waals surface area contributed by atoms with Crippen molar-refractivity contribution in [3.05, 3.63) is 30.6 Å². The molecule has 0 aliphatic carbocycles. The first-order chi connectivity index (χ1) is 12.7. The van der Waals surface area contributed by atoms with Crippen molar-refractivity contribution in [2.24, 2.45) is 0 Å². The van der Waals surface area contributed by atoms with E-state index >= 15 is 0 Å². The van der Waals surface area contributed by atoms with Gasteiger partial charge in [0.05, 0.1) is 0 Å². The van der Waals surface area contributed by atoms with Gasteiger partial charge < -0.3 is 9.90 Å². The molecule has 1 heterocycles. The molecule has 0 N–H and O–H groups in total. The van der Waals surface area contributed by atoms with Crippen molar-refractivity contribution in [2.75, 3.05) is 0 Å². The average Bonchev–Trinajstić information content (AvgIpc) is 2.62. The molecular weight excluding hydrogens is 322 g/mol. The van der Waals surface area contributed by atoms with Crippen LogP contribution in [0.4, 0.5) is 0 Å². The summed E-state index contributed by atoms with van der Waals surface area (Å²) in [5.41, 5.74) is 0. The lowest BCUT2D eigenvalue weighted by Crippen LogP contribution is -2.32. The lowest BCUT2D eigenvalue weighted by atomic mass is 10.0. The highest BCUT2D eigenvalue weighted by molar-refractivity contribution is 5.60. The van der Waals surface area contributed by atoms with E-state index in [0.717, 1.165) is 6.92 Å². The Kier molecular flexibility index (Phi) is 18.9. The molecule has 1 aromatic rings. The van der Waals surface area contributed by atoms with Crippen molar-refractivity contribution >= 4 is 5.97 Å². The highest BCUT2D eigenvalue weighted by Crippen LogP contribution is 2.12. The molecular formula is C23H41NO2. The SMILES string of the molecule is CC(=O)[O-].CCCCCCCCCCCCCCCC[n+]1ccccc1. The van der Waals surface area contributed by atoms with E-state index in [1.165, 1.54) is 96.4 Å². The molecule has 0 amide bonds. The van der Waals surface area contributed by atoms with Gasteiger partial charge in [0.15, 0.2) is 12.4 Å². The first-order valence-electron chi connectivity index (χ1n) is 10.8. The predicted octanol–water partition coefficient (Wildman–Crippen LogP) is 5.21. The standard InChI is InChI=1S/C21H38N.C2H4O2/c1-2-3-4-5-6-7-8-9-10-11-12-13-14-16-19-22-20-17-15-18-21-22;1-2(3)4/h15,17-18,20-21H,2-14,16,19H2,1H3;1H3,(H,3,4)/q+1;/p-1. The molecule has 0 aliphatic rings. The van der Waals surface area contributed by atoms with Gasteiger partial charge in [0.2, 0.25) is 0 Å². The van der Waals surface area contributed by atoms with Crippen LogP contribution in [0.3, 0.4) is 0 Å². The molecule has 0 saturated carbocycles. The first-order valence-corrected chi connectivity index (χ1v) is 10.8. The van der Waals surface area contributed by atoms with E-state index in [-0.39, 0.29) is 0 Å². The number of carbonyl (C=O) groups excluding carboxylic acids is 1. The zero-order valence-corrected chi connectivity index (χ0v) is 17.3. The number of unbranched alkanes of at least 4 members (excludes halogenated alkanes) is 13. The number of hydrogen-bond donors (Lipinski definition) is 0. The molecule has 0 fully saturated rings. The summed E-state index contributed by atoms with van der Waals surface area (Å²) in [6, 6.07) is 6.31. The zero-order valence-electron chi connectivity index (χ0n) is 17.3. The normalized spacial score (nSPS) is 10.2. The van der Waals surface area contributed by atoms with Crippen LogP contribution in [0, 0.1) is 0 Å². The van der Waals surface area contributed by atoms with E-state index in [4.69, 9.17) is 9.90 Å². The van der Waals surface area contributed by atoms with Crippen LogP contribution < -0.4 is 9.67 Å². The third-order valence-electron chi connectivity index (χ3n) is 4.55. The number of pyridine rings is 1. The van der Waals surface area contributed by atoms with E-state index < -0.39 is 5.97 Å². The minimum atomic E-state index is -1.08. The highest BCUT2D eigenvalue weighted by Gasteiger charge is 1.98. The minimum absolute atomic E-state index is 0.972. The summed E-state index contributed by atoms with van der Waals surface area (Å²) in [6.07, 6.45) is 24.4. The number of carbonyl (C=O) groups is 1. The Bertz CT molecular complexity index is 402. The van der Waals surface area contributed by atoms with Crippen molar-refractivity contribution in [1.82, 2.24) is 0 Å². The van der Waals surface area contributed by atoms with Gasteiger partial charge in [-0.25, -0.2) is 4.57 Å². The van der Waals surface area contributed by atoms with Crippen LogP contribution in [-0.2, 0) is 11.3 Å². The molecule has 0 saturated heterocycles. The molecule has 3 heteroatoms. The molecule has 0 bridgehead atoms. The number of nitrogens with zero attached hydrogens (tertiary/aromatic N) is 1. The second kappa shape index (κ2) is 19.9. The summed E-state index contributed by atoms with van der Waals surface area (Å²) in [7, 11) is 0. The number of hydrogen-bond acceptors (Lipinski definition) is 2. The highest BCUT2D eigenvalue weighted by atomic mass is 16.4. The van der Waals surface area contributed by atoms with E-state index in [9.17, 15) is 0 Å². The molecule has 1 rings (SSSR count). The smallest absolute Gasteiger partial charge is 0.168 e. The molecule has 0 atom stereocenters. The largest absolute Gasteiger partial charge is 0.550 e.